The zero-order valence-electron chi connectivity index (χ0n) is 8.58. The van der Waals surface area contributed by atoms with Gasteiger partial charge in [-0.15, -0.1) is 0 Å². The topological polar surface area (TPSA) is 87.5 Å². The van der Waals surface area contributed by atoms with Gasteiger partial charge in [0.25, 0.3) is 5.91 Å². The van der Waals surface area contributed by atoms with Crippen LogP contribution in [0.1, 0.15) is 12.8 Å². The molecule has 0 aromatic heterocycles. The van der Waals surface area contributed by atoms with Crippen molar-refractivity contribution in [3.63, 3.8) is 0 Å². The lowest BCUT2D eigenvalue weighted by Crippen LogP contribution is -2.54. The van der Waals surface area contributed by atoms with E-state index in [9.17, 15) is 9.59 Å². The smallest absolute Gasteiger partial charge is 0.325 e. The zero-order chi connectivity index (χ0) is 10.9. The van der Waals surface area contributed by atoms with Crippen LogP contribution in [0.5, 0.6) is 0 Å². The van der Waals surface area contributed by atoms with Crippen molar-refractivity contribution in [2.24, 2.45) is 5.73 Å². The first-order chi connectivity index (χ1) is 7.19. The molecule has 6 nitrogen and oxygen atoms in total. The monoisotopic (exact) mass is 212 g/mol. The van der Waals surface area contributed by atoms with Crippen LogP contribution in [0, 0.1) is 0 Å². The van der Waals surface area contributed by atoms with E-state index >= 15 is 0 Å². The van der Waals surface area contributed by atoms with Gasteiger partial charge in [0.05, 0.1) is 0 Å². The standard InChI is InChI=1S/C9H16N4O2/c10-3-6-13-7(14)9(12-8(13)15)1-4-11-5-2-9/h11H,1-6,10H2,(H,12,15). The van der Waals surface area contributed by atoms with Gasteiger partial charge in [-0.2, -0.15) is 0 Å². The molecule has 0 bridgehead atoms. The predicted octanol–water partition coefficient (Wildman–Crippen LogP) is -1.38. The fourth-order valence-corrected chi connectivity index (χ4v) is 2.20. The van der Waals surface area contributed by atoms with Gasteiger partial charge in [0.1, 0.15) is 5.54 Å². The molecule has 6 heteroatoms. The summed E-state index contributed by atoms with van der Waals surface area (Å²) in [6.45, 7) is 2.15. The molecule has 2 rings (SSSR count). The summed E-state index contributed by atoms with van der Waals surface area (Å²) in [5.74, 6) is -0.112. The Labute approximate surface area is 88.2 Å². The van der Waals surface area contributed by atoms with Gasteiger partial charge in [-0.3, -0.25) is 9.69 Å². The summed E-state index contributed by atoms with van der Waals surface area (Å²) in [6, 6.07) is -0.299. The van der Waals surface area contributed by atoms with Crippen LogP contribution >= 0.6 is 0 Å². The second-order valence-electron chi connectivity index (χ2n) is 4.01. The van der Waals surface area contributed by atoms with Crippen LogP contribution in [-0.4, -0.2) is 48.6 Å². The zero-order valence-corrected chi connectivity index (χ0v) is 8.58. The first kappa shape index (κ1) is 10.4. The van der Waals surface area contributed by atoms with Crippen molar-refractivity contribution in [2.45, 2.75) is 18.4 Å². The predicted molar refractivity (Wildman–Crippen MR) is 54.1 cm³/mol. The van der Waals surface area contributed by atoms with Crippen LogP contribution in [0.25, 0.3) is 0 Å². The van der Waals surface area contributed by atoms with E-state index in [0.717, 1.165) is 13.1 Å². The lowest BCUT2D eigenvalue weighted by atomic mass is 9.88. The summed E-state index contributed by atoms with van der Waals surface area (Å²) >= 11 is 0. The van der Waals surface area contributed by atoms with E-state index < -0.39 is 5.54 Å². The van der Waals surface area contributed by atoms with Crippen molar-refractivity contribution in [1.29, 1.82) is 0 Å². The lowest BCUT2D eigenvalue weighted by molar-refractivity contribution is -0.132. The van der Waals surface area contributed by atoms with E-state index in [2.05, 4.69) is 10.6 Å². The lowest BCUT2D eigenvalue weighted by Gasteiger charge is -2.31. The van der Waals surface area contributed by atoms with Crippen LogP contribution in [0.15, 0.2) is 0 Å². The Morgan fingerprint density at radius 1 is 1.33 bits per heavy atom. The number of hydrogen-bond donors (Lipinski definition) is 3. The van der Waals surface area contributed by atoms with Gasteiger partial charge in [0.2, 0.25) is 0 Å². The third-order valence-corrected chi connectivity index (χ3v) is 3.06. The van der Waals surface area contributed by atoms with Crippen LogP contribution in [0.2, 0.25) is 0 Å². The maximum atomic E-state index is 12.0. The van der Waals surface area contributed by atoms with Crippen molar-refractivity contribution in [3.8, 4) is 0 Å². The maximum absolute atomic E-state index is 12.0. The maximum Gasteiger partial charge on any atom is 0.325 e. The van der Waals surface area contributed by atoms with E-state index in [0.29, 0.717) is 25.9 Å². The van der Waals surface area contributed by atoms with Gasteiger partial charge in [0.15, 0.2) is 0 Å². The first-order valence-corrected chi connectivity index (χ1v) is 5.24. The number of nitrogens with zero attached hydrogens (tertiary/aromatic N) is 1. The molecule has 1 spiro atoms. The van der Waals surface area contributed by atoms with E-state index in [4.69, 9.17) is 5.73 Å². The summed E-state index contributed by atoms with van der Waals surface area (Å²) in [7, 11) is 0. The number of imide groups is 1. The van der Waals surface area contributed by atoms with E-state index in [1.54, 1.807) is 0 Å². The third-order valence-electron chi connectivity index (χ3n) is 3.06. The molecule has 2 fully saturated rings. The Balaban J connectivity index is 2.15. The van der Waals surface area contributed by atoms with Crippen LogP contribution in [-0.2, 0) is 4.79 Å². The van der Waals surface area contributed by atoms with Crippen LogP contribution < -0.4 is 16.4 Å². The molecule has 3 amide bonds. The number of carbonyl (C=O) groups excluding carboxylic acids is 2. The molecular formula is C9H16N4O2. The number of nitrogens with one attached hydrogen (secondary N) is 2. The molecule has 2 aliphatic heterocycles. The molecule has 4 N–H and O–H groups in total. The molecule has 0 atom stereocenters. The van der Waals surface area contributed by atoms with E-state index in [1.165, 1.54) is 4.90 Å². The average molecular weight is 212 g/mol. The van der Waals surface area contributed by atoms with Gasteiger partial charge in [-0.05, 0) is 25.9 Å². The molecule has 0 aliphatic carbocycles. The highest BCUT2D eigenvalue weighted by Crippen LogP contribution is 2.26. The highest BCUT2D eigenvalue weighted by atomic mass is 16.2. The van der Waals surface area contributed by atoms with Gasteiger partial charge in [-0.1, -0.05) is 0 Å². The Bertz CT molecular complexity index is 286. The van der Waals surface area contributed by atoms with Gasteiger partial charge in [0, 0.05) is 13.1 Å². The quantitative estimate of drug-likeness (QED) is 0.492. The summed E-state index contributed by atoms with van der Waals surface area (Å²) in [4.78, 5) is 24.8. The van der Waals surface area contributed by atoms with E-state index in [1.807, 2.05) is 0 Å². The second-order valence-corrected chi connectivity index (χ2v) is 4.01. The van der Waals surface area contributed by atoms with Gasteiger partial charge in [-0.25, -0.2) is 4.79 Å². The number of urea groups is 1. The highest BCUT2D eigenvalue weighted by Gasteiger charge is 2.50. The molecule has 0 unspecified atom stereocenters. The Morgan fingerprint density at radius 2 is 2.00 bits per heavy atom. The average Bonchev–Trinajstić information content (AvgIpc) is 2.45. The first-order valence-electron chi connectivity index (χ1n) is 5.24. The van der Waals surface area contributed by atoms with Crippen LogP contribution in [0.4, 0.5) is 4.79 Å². The number of carbonyl (C=O) groups is 2. The minimum absolute atomic E-state index is 0.112. The number of nitrogens with two attached hydrogens (primary N) is 1. The molecular weight excluding hydrogens is 196 g/mol. The minimum atomic E-state index is -0.655. The molecule has 0 saturated carbocycles. The summed E-state index contributed by atoms with van der Waals surface area (Å²) in [5, 5.41) is 5.97. The molecule has 2 aliphatic rings. The van der Waals surface area contributed by atoms with Crippen molar-refractivity contribution in [3.05, 3.63) is 0 Å². The summed E-state index contributed by atoms with van der Waals surface area (Å²) in [6.07, 6.45) is 1.33. The Hall–Kier alpha value is -1.14. The number of amides is 3. The molecule has 84 valence electrons. The van der Waals surface area contributed by atoms with Gasteiger partial charge >= 0.3 is 6.03 Å². The van der Waals surface area contributed by atoms with Crippen molar-refractivity contribution >= 4 is 11.9 Å². The van der Waals surface area contributed by atoms with Gasteiger partial charge < -0.3 is 16.4 Å². The minimum Gasteiger partial charge on any atom is -0.329 e. The summed E-state index contributed by atoms with van der Waals surface area (Å²) in [5.41, 5.74) is 4.71. The molecule has 0 aromatic carbocycles. The summed E-state index contributed by atoms with van der Waals surface area (Å²) < 4.78 is 0. The van der Waals surface area contributed by atoms with Crippen molar-refractivity contribution in [2.75, 3.05) is 26.2 Å². The molecule has 0 aromatic rings. The van der Waals surface area contributed by atoms with Crippen molar-refractivity contribution < 1.29 is 9.59 Å². The SMILES string of the molecule is NCCN1C(=O)NC2(CCNCC2)C1=O. The number of hydrogen-bond acceptors (Lipinski definition) is 4. The number of piperidine rings is 1. The molecule has 0 radical (unpaired) electrons. The largest absolute Gasteiger partial charge is 0.329 e. The Morgan fingerprint density at radius 3 is 2.60 bits per heavy atom. The molecule has 15 heavy (non-hydrogen) atoms. The van der Waals surface area contributed by atoms with Crippen molar-refractivity contribution in [1.82, 2.24) is 15.5 Å². The fraction of sp³-hybridized carbons (Fsp3) is 0.778. The van der Waals surface area contributed by atoms with Crippen LogP contribution in [0.3, 0.4) is 0 Å². The van der Waals surface area contributed by atoms with E-state index in [-0.39, 0.29) is 11.9 Å². The highest BCUT2D eigenvalue weighted by molar-refractivity contribution is 6.07. The normalized spacial score (nSPS) is 24.7. The fourth-order valence-electron chi connectivity index (χ4n) is 2.20. The Kier molecular flexibility index (Phi) is 2.62. The molecule has 2 saturated heterocycles. The number of rotatable bonds is 2. The third kappa shape index (κ3) is 1.59. The second kappa shape index (κ2) is 3.79. The molecule has 2 heterocycles.